The Morgan fingerprint density at radius 3 is 2.89 bits per heavy atom. The van der Waals surface area contributed by atoms with Gasteiger partial charge in [0.15, 0.2) is 0 Å². The molecule has 0 bridgehead atoms. The minimum Gasteiger partial charge on any atom is -0.469 e. The molecule has 0 aromatic carbocycles. The first-order valence-electron chi connectivity index (χ1n) is 6.49. The van der Waals surface area contributed by atoms with E-state index >= 15 is 0 Å². The SMILES string of the molecule is CCCC(C#N)C(=O)N1CCOC(CC(=O)OC)C1. The Bertz CT molecular complexity index is 364. The summed E-state index contributed by atoms with van der Waals surface area (Å²) in [6, 6.07) is 2.04. The summed E-state index contributed by atoms with van der Waals surface area (Å²) in [5.74, 6) is -1.12. The lowest BCUT2D eigenvalue weighted by Gasteiger charge is -2.33. The summed E-state index contributed by atoms with van der Waals surface area (Å²) in [6.45, 7) is 3.14. The highest BCUT2D eigenvalue weighted by Gasteiger charge is 2.30. The summed E-state index contributed by atoms with van der Waals surface area (Å²) in [4.78, 5) is 25.0. The normalized spacial score (nSPS) is 20.5. The topological polar surface area (TPSA) is 79.6 Å². The van der Waals surface area contributed by atoms with Crippen LogP contribution in [0, 0.1) is 17.2 Å². The first-order chi connectivity index (χ1) is 9.12. The molecule has 1 amide bonds. The van der Waals surface area contributed by atoms with Gasteiger partial charge in [0.2, 0.25) is 5.91 Å². The number of nitrogens with zero attached hydrogens (tertiary/aromatic N) is 2. The largest absolute Gasteiger partial charge is 0.469 e. The van der Waals surface area contributed by atoms with Crippen LogP contribution in [0.4, 0.5) is 0 Å². The van der Waals surface area contributed by atoms with Gasteiger partial charge in [0.25, 0.3) is 0 Å². The van der Waals surface area contributed by atoms with Crippen LogP contribution in [-0.4, -0.2) is 49.7 Å². The van der Waals surface area contributed by atoms with Crippen LogP contribution in [0.2, 0.25) is 0 Å². The Kier molecular flexibility index (Phi) is 6.30. The van der Waals surface area contributed by atoms with Gasteiger partial charge in [-0.1, -0.05) is 13.3 Å². The van der Waals surface area contributed by atoms with Crippen molar-refractivity contribution in [2.75, 3.05) is 26.8 Å². The van der Waals surface area contributed by atoms with Gasteiger partial charge >= 0.3 is 5.97 Å². The molecule has 0 spiro atoms. The van der Waals surface area contributed by atoms with Crippen LogP contribution in [0.3, 0.4) is 0 Å². The van der Waals surface area contributed by atoms with Crippen LogP contribution in [0.5, 0.6) is 0 Å². The first kappa shape index (κ1) is 15.4. The molecule has 1 heterocycles. The summed E-state index contributed by atoms with van der Waals surface area (Å²) in [7, 11) is 1.32. The van der Waals surface area contributed by atoms with E-state index in [9.17, 15) is 9.59 Å². The maximum atomic E-state index is 12.2. The molecule has 1 rings (SSSR count). The number of rotatable bonds is 5. The molecule has 0 aliphatic carbocycles. The molecule has 0 aromatic heterocycles. The highest BCUT2D eigenvalue weighted by atomic mass is 16.5. The Labute approximate surface area is 113 Å². The zero-order valence-corrected chi connectivity index (χ0v) is 11.4. The Hall–Kier alpha value is -1.61. The van der Waals surface area contributed by atoms with E-state index in [2.05, 4.69) is 4.74 Å². The molecule has 6 nitrogen and oxygen atoms in total. The van der Waals surface area contributed by atoms with Gasteiger partial charge in [-0.2, -0.15) is 5.26 Å². The maximum Gasteiger partial charge on any atom is 0.308 e. The minimum atomic E-state index is -0.595. The molecule has 1 aliphatic rings. The van der Waals surface area contributed by atoms with E-state index in [1.165, 1.54) is 7.11 Å². The summed E-state index contributed by atoms with van der Waals surface area (Å²) in [5, 5.41) is 9.00. The summed E-state index contributed by atoms with van der Waals surface area (Å²) < 4.78 is 10.0. The number of ether oxygens (including phenoxy) is 2. The van der Waals surface area contributed by atoms with Crippen molar-refractivity contribution in [3.05, 3.63) is 0 Å². The van der Waals surface area contributed by atoms with Gasteiger partial charge in [0.1, 0.15) is 5.92 Å². The van der Waals surface area contributed by atoms with Crippen LogP contribution < -0.4 is 0 Å². The van der Waals surface area contributed by atoms with E-state index in [1.807, 2.05) is 13.0 Å². The number of amides is 1. The van der Waals surface area contributed by atoms with Crippen molar-refractivity contribution in [3.8, 4) is 6.07 Å². The van der Waals surface area contributed by atoms with Crippen molar-refractivity contribution in [3.63, 3.8) is 0 Å². The highest BCUT2D eigenvalue weighted by molar-refractivity contribution is 5.81. The lowest BCUT2D eigenvalue weighted by atomic mass is 10.0. The van der Waals surface area contributed by atoms with E-state index in [1.54, 1.807) is 4.90 Å². The molecule has 0 aromatic rings. The minimum absolute atomic E-state index is 0.130. The molecule has 2 atom stereocenters. The van der Waals surface area contributed by atoms with E-state index in [0.29, 0.717) is 26.1 Å². The van der Waals surface area contributed by atoms with Gasteiger partial charge in [-0.05, 0) is 6.42 Å². The van der Waals surface area contributed by atoms with Crippen molar-refractivity contribution in [2.45, 2.75) is 32.3 Å². The fraction of sp³-hybridized carbons (Fsp3) is 0.769. The van der Waals surface area contributed by atoms with E-state index in [4.69, 9.17) is 10.00 Å². The molecular formula is C13H20N2O4. The maximum absolute atomic E-state index is 12.2. The predicted octanol–water partition coefficient (Wildman–Crippen LogP) is 0.717. The van der Waals surface area contributed by atoms with E-state index < -0.39 is 5.92 Å². The van der Waals surface area contributed by atoms with E-state index in [-0.39, 0.29) is 24.4 Å². The molecule has 1 saturated heterocycles. The van der Waals surface area contributed by atoms with Crippen LogP contribution in [-0.2, 0) is 19.1 Å². The second kappa shape index (κ2) is 7.74. The lowest BCUT2D eigenvalue weighted by Crippen LogP contribution is -2.48. The zero-order valence-electron chi connectivity index (χ0n) is 11.4. The van der Waals surface area contributed by atoms with Crippen LogP contribution in [0.15, 0.2) is 0 Å². The van der Waals surface area contributed by atoms with Gasteiger partial charge in [-0.15, -0.1) is 0 Å². The average molecular weight is 268 g/mol. The van der Waals surface area contributed by atoms with Gasteiger partial charge < -0.3 is 14.4 Å². The summed E-state index contributed by atoms with van der Waals surface area (Å²) in [5.41, 5.74) is 0. The van der Waals surface area contributed by atoms with Crippen LogP contribution in [0.25, 0.3) is 0 Å². The number of morpholine rings is 1. The molecule has 19 heavy (non-hydrogen) atoms. The quantitative estimate of drug-likeness (QED) is 0.686. The smallest absolute Gasteiger partial charge is 0.308 e. The van der Waals surface area contributed by atoms with Crippen LogP contribution >= 0.6 is 0 Å². The number of nitriles is 1. The van der Waals surface area contributed by atoms with E-state index in [0.717, 1.165) is 6.42 Å². The zero-order chi connectivity index (χ0) is 14.3. The molecule has 0 N–H and O–H groups in total. The van der Waals surface area contributed by atoms with Gasteiger partial charge in [0.05, 0.1) is 32.3 Å². The first-order valence-corrected chi connectivity index (χ1v) is 6.49. The second-order valence-corrected chi connectivity index (χ2v) is 4.53. The number of carbonyl (C=O) groups is 2. The third-order valence-electron chi connectivity index (χ3n) is 3.10. The van der Waals surface area contributed by atoms with Crippen molar-refractivity contribution in [2.24, 2.45) is 5.92 Å². The van der Waals surface area contributed by atoms with Crippen molar-refractivity contribution in [1.29, 1.82) is 5.26 Å². The molecule has 2 unspecified atom stereocenters. The van der Waals surface area contributed by atoms with Gasteiger partial charge in [-0.3, -0.25) is 9.59 Å². The standard InChI is InChI=1S/C13H20N2O4/c1-3-4-10(8-14)13(17)15-5-6-19-11(9-15)7-12(16)18-2/h10-11H,3-7,9H2,1-2H3. The van der Waals surface area contributed by atoms with Crippen molar-refractivity contribution in [1.82, 2.24) is 4.90 Å². The number of esters is 1. The molecule has 106 valence electrons. The average Bonchev–Trinajstić information content (AvgIpc) is 2.44. The predicted molar refractivity (Wildman–Crippen MR) is 67.0 cm³/mol. The number of hydrogen-bond acceptors (Lipinski definition) is 5. The molecule has 0 saturated carbocycles. The molecule has 0 radical (unpaired) electrons. The summed E-state index contributed by atoms with van der Waals surface area (Å²) >= 11 is 0. The highest BCUT2D eigenvalue weighted by Crippen LogP contribution is 2.15. The fourth-order valence-corrected chi connectivity index (χ4v) is 2.06. The van der Waals surface area contributed by atoms with Gasteiger partial charge in [0, 0.05) is 13.1 Å². The van der Waals surface area contributed by atoms with Crippen molar-refractivity contribution < 1.29 is 19.1 Å². The number of carbonyl (C=O) groups excluding carboxylic acids is 2. The lowest BCUT2D eigenvalue weighted by molar-refractivity contribution is -0.151. The molecular weight excluding hydrogens is 248 g/mol. The summed E-state index contributed by atoms with van der Waals surface area (Å²) in [6.07, 6.45) is 1.14. The number of hydrogen-bond donors (Lipinski definition) is 0. The third-order valence-corrected chi connectivity index (χ3v) is 3.10. The third kappa shape index (κ3) is 4.52. The Morgan fingerprint density at radius 2 is 2.32 bits per heavy atom. The Balaban J connectivity index is 2.56. The van der Waals surface area contributed by atoms with Gasteiger partial charge in [-0.25, -0.2) is 0 Å². The Morgan fingerprint density at radius 1 is 1.58 bits per heavy atom. The second-order valence-electron chi connectivity index (χ2n) is 4.53. The number of methoxy groups -OCH3 is 1. The molecule has 6 heteroatoms. The van der Waals surface area contributed by atoms with Crippen LogP contribution in [0.1, 0.15) is 26.2 Å². The molecule has 1 aliphatic heterocycles. The molecule has 1 fully saturated rings. The monoisotopic (exact) mass is 268 g/mol. The fourth-order valence-electron chi connectivity index (χ4n) is 2.06. The van der Waals surface area contributed by atoms with Crippen molar-refractivity contribution >= 4 is 11.9 Å².